The predicted molar refractivity (Wildman–Crippen MR) is 72.2 cm³/mol. The molecule has 2 fully saturated rings. The van der Waals surface area contributed by atoms with Crippen molar-refractivity contribution in [1.82, 2.24) is 5.32 Å². The normalized spacial score (nSPS) is 32.1. The summed E-state index contributed by atoms with van der Waals surface area (Å²) >= 11 is 0. The average Bonchev–Trinajstić information content (AvgIpc) is 2.33. The third kappa shape index (κ3) is 3.69. The van der Waals surface area contributed by atoms with E-state index in [1.807, 2.05) is 0 Å². The molecule has 1 N–H and O–H groups in total. The molecule has 0 aromatic heterocycles. The van der Waals surface area contributed by atoms with Crippen LogP contribution < -0.4 is 5.32 Å². The molecule has 0 spiro atoms. The van der Waals surface area contributed by atoms with Crippen LogP contribution in [0.3, 0.4) is 0 Å². The summed E-state index contributed by atoms with van der Waals surface area (Å²) in [6.07, 6.45) is 11.8. The lowest BCUT2D eigenvalue weighted by Gasteiger charge is -2.39. The van der Waals surface area contributed by atoms with Gasteiger partial charge in [-0.15, -0.1) is 0 Å². The van der Waals surface area contributed by atoms with E-state index in [0.717, 1.165) is 24.5 Å². The number of nitrogens with one attached hydrogen (secondary N) is 1. The lowest BCUT2D eigenvalue weighted by atomic mass is 9.73. The van der Waals surface area contributed by atoms with Gasteiger partial charge in [-0.2, -0.15) is 0 Å². The van der Waals surface area contributed by atoms with Crippen molar-refractivity contribution in [2.75, 3.05) is 13.7 Å². The number of ether oxygens (including phenoxy) is 1. The minimum Gasteiger partial charge on any atom is -0.378 e. The maximum Gasteiger partial charge on any atom is 0.0580 e. The molecule has 0 saturated heterocycles. The smallest absolute Gasteiger partial charge is 0.0580 e. The van der Waals surface area contributed by atoms with Crippen molar-refractivity contribution in [1.29, 1.82) is 0 Å². The van der Waals surface area contributed by atoms with E-state index in [-0.39, 0.29) is 0 Å². The number of rotatable bonds is 6. The monoisotopic (exact) mass is 239 g/mol. The van der Waals surface area contributed by atoms with Gasteiger partial charge < -0.3 is 10.1 Å². The minimum atomic E-state index is 0.578. The molecule has 0 amide bonds. The van der Waals surface area contributed by atoms with Crippen molar-refractivity contribution in [3.8, 4) is 0 Å². The molecule has 100 valence electrons. The first-order valence-corrected chi connectivity index (χ1v) is 7.62. The van der Waals surface area contributed by atoms with Gasteiger partial charge in [0.2, 0.25) is 0 Å². The zero-order chi connectivity index (χ0) is 12.1. The fourth-order valence-electron chi connectivity index (χ4n) is 3.68. The van der Waals surface area contributed by atoms with Crippen LogP contribution in [0.2, 0.25) is 0 Å². The van der Waals surface area contributed by atoms with Crippen molar-refractivity contribution >= 4 is 0 Å². The Hall–Kier alpha value is -0.0800. The minimum absolute atomic E-state index is 0.578. The largest absolute Gasteiger partial charge is 0.378 e. The lowest BCUT2D eigenvalue weighted by Crippen LogP contribution is -2.41. The van der Waals surface area contributed by atoms with Gasteiger partial charge in [0.1, 0.15) is 0 Å². The van der Waals surface area contributed by atoms with Gasteiger partial charge in [-0.3, -0.25) is 0 Å². The van der Waals surface area contributed by atoms with Crippen molar-refractivity contribution in [2.45, 2.75) is 70.4 Å². The number of hydrogen-bond acceptors (Lipinski definition) is 2. The van der Waals surface area contributed by atoms with E-state index in [1.54, 1.807) is 0 Å². The Balaban J connectivity index is 1.69. The number of hydrogen-bond donors (Lipinski definition) is 1. The van der Waals surface area contributed by atoms with Gasteiger partial charge in [0.15, 0.2) is 0 Å². The first-order chi connectivity index (χ1) is 8.33. The highest BCUT2D eigenvalue weighted by Crippen LogP contribution is 2.37. The third-order valence-corrected chi connectivity index (χ3v) is 4.77. The van der Waals surface area contributed by atoms with E-state index in [4.69, 9.17) is 4.74 Å². The van der Waals surface area contributed by atoms with Crippen molar-refractivity contribution in [3.63, 3.8) is 0 Å². The van der Waals surface area contributed by atoms with Gasteiger partial charge in [-0.25, -0.2) is 0 Å². The highest BCUT2D eigenvalue weighted by Gasteiger charge is 2.33. The molecule has 2 nitrogen and oxygen atoms in total. The SMILES string of the molecule is CCOC1CC(CC(NC)C2CCCCC2)C1. The molecule has 2 aliphatic carbocycles. The zero-order valence-corrected chi connectivity index (χ0v) is 11.6. The molecule has 2 rings (SSSR count). The molecule has 0 aromatic carbocycles. The summed E-state index contributed by atoms with van der Waals surface area (Å²) in [5.41, 5.74) is 0. The Morgan fingerprint density at radius 1 is 1.18 bits per heavy atom. The Morgan fingerprint density at radius 3 is 2.47 bits per heavy atom. The first kappa shape index (κ1) is 13.4. The molecule has 1 unspecified atom stereocenters. The Kier molecular flexibility index (Phi) is 5.30. The van der Waals surface area contributed by atoms with E-state index in [1.165, 1.54) is 51.4 Å². The topological polar surface area (TPSA) is 21.3 Å². The van der Waals surface area contributed by atoms with Crippen LogP contribution in [-0.2, 0) is 4.74 Å². The second-order valence-corrected chi connectivity index (χ2v) is 5.94. The molecular formula is C15H29NO. The third-order valence-electron chi connectivity index (χ3n) is 4.77. The molecule has 0 aliphatic heterocycles. The maximum absolute atomic E-state index is 5.65. The van der Waals surface area contributed by atoms with E-state index in [9.17, 15) is 0 Å². The second kappa shape index (κ2) is 6.75. The molecule has 0 bridgehead atoms. The summed E-state index contributed by atoms with van der Waals surface area (Å²) in [6.45, 7) is 2.99. The molecule has 0 aromatic rings. The fourth-order valence-corrected chi connectivity index (χ4v) is 3.68. The fraction of sp³-hybridized carbons (Fsp3) is 1.00. The highest BCUT2D eigenvalue weighted by atomic mass is 16.5. The summed E-state index contributed by atoms with van der Waals surface area (Å²) in [7, 11) is 2.15. The van der Waals surface area contributed by atoms with Gasteiger partial charge in [-0.1, -0.05) is 19.3 Å². The molecular weight excluding hydrogens is 210 g/mol. The van der Waals surface area contributed by atoms with Crippen LogP contribution >= 0.6 is 0 Å². The molecule has 1 atom stereocenters. The molecule has 2 heteroatoms. The van der Waals surface area contributed by atoms with Crippen molar-refractivity contribution in [3.05, 3.63) is 0 Å². The predicted octanol–water partition coefficient (Wildman–Crippen LogP) is 3.36. The molecule has 0 radical (unpaired) electrons. The summed E-state index contributed by atoms with van der Waals surface area (Å²) in [6, 6.07) is 0.767. The van der Waals surface area contributed by atoms with Crippen LogP contribution in [0.1, 0.15) is 58.3 Å². The standard InChI is InChI=1S/C15H29NO/c1-3-17-14-9-12(10-14)11-15(16-2)13-7-5-4-6-8-13/h12-16H,3-11H2,1-2H3. The first-order valence-electron chi connectivity index (χ1n) is 7.62. The second-order valence-electron chi connectivity index (χ2n) is 5.94. The van der Waals surface area contributed by atoms with Crippen molar-refractivity contribution in [2.24, 2.45) is 11.8 Å². The van der Waals surface area contributed by atoms with Crippen LogP contribution in [0, 0.1) is 11.8 Å². The van der Waals surface area contributed by atoms with E-state index >= 15 is 0 Å². The summed E-state index contributed by atoms with van der Waals surface area (Å²) in [5, 5.41) is 3.58. The van der Waals surface area contributed by atoms with E-state index < -0.39 is 0 Å². The Morgan fingerprint density at radius 2 is 1.88 bits per heavy atom. The molecule has 17 heavy (non-hydrogen) atoms. The van der Waals surface area contributed by atoms with Gasteiger partial charge in [0, 0.05) is 12.6 Å². The Bertz CT molecular complexity index is 207. The molecule has 2 saturated carbocycles. The Labute approximate surface area is 107 Å². The van der Waals surface area contributed by atoms with Gasteiger partial charge in [0.25, 0.3) is 0 Å². The quantitative estimate of drug-likeness (QED) is 0.767. The van der Waals surface area contributed by atoms with Gasteiger partial charge in [0.05, 0.1) is 6.10 Å². The molecule has 2 aliphatic rings. The zero-order valence-electron chi connectivity index (χ0n) is 11.6. The maximum atomic E-state index is 5.65. The average molecular weight is 239 g/mol. The van der Waals surface area contributed by atoms with Gasteiger partial charge in [-0.05, 0) is 57.9 Å². The highest BCUT2D eigenvalue weighted by molar-refractivity contribution is 4.87. The summed E-state index contributed by atoms with van der Waals surface area (Å²) in [4.78, 5) is 0. The van der Waals surface area contributed by atoms with E-state index in [2.05, 4.69) is 19.3 Å². The summed E-state index contributed by atoms with van der Waals surface area (Å²) < 4.78 is 5.65. The lowest BCUT2D eigenvalue weighted by molar-refractivity contribution is -0.0310. The van der Waals surface area contributed by atoms with Crippen LogP contribution in [0.15, 0.2) is 0 Å². The van der Waals surface area contributed by atoms with Crippen LogP contribution in [0.5, 0.6) is 0 Å². The van der Waals surface area contributed by atoms with Crippen LogP contribution in [0.25, 0.3) is 0 Å². The van der Waals surface area contributed by atoms with E-state index in [0.29, 0.717) is 6.10 Å². The van der Waals surface area contributed by atoms with Gasteiger partial charge >= 0.3 is 0 Å². The van der Waals surface area contributed by atoms with Crippen LogP contribution in [-0.4, -0.2) is 25.8 Å². The van der Waals surface area contributed by atoms with Crippen LogP contribution in [0.4, 0.5) is 0 Å². The molecule has 0 heterocycles. The van der Waals surface area contributed by atoms with Crippen molar-refractivity contribution < 1.29 is 4.74 Å². The summed E-state index contributed by atoms with van der Waals surface area (Å²) in [5.74, 6) is 1.87.